The van der Waals surface area contributed by atoms with E-state index in [1.807, 2.05) is 0 Å². The normalized spacial score (nSPS) is 20.8. The average Bonchev–Trinajstić information content (AvgIpc) is 2.36. The van der Waals surface area contributed by atoms with E-state index in [1.54, 1.807) is 0 Å². The monoisotopic (exact) mass is 283 g/mol. The van der Waals surface area contributed by atoms with Gasteiger partial charge in [0.25, 0.3) is 0 Å². The zero-order valence-electron chi connectivity index (χ0n) is 11.3. The van der Waals surface area contributed by atoms with Gasteiger partial charge < -0.3 is 9.45 Å². The molecule has 4 nitrogen and oxygen atoms in total. The topological polar surface area (TPSA) is 61.6 Å². The van der Waals surface area contributed by atoms with E-state index in [-0.39, 0.29) is 5.75 Å². The van der Waals surface area contributed by atoms with Gasteiger partial charge in [0.05, 0.1) is 23.7 Å². The van der Waals surface area contributed by atoms with E-state index in [0.717, 1.165) is 19.4 Å². The molecule has 19 heavy (non-hydrogen) atoms. The zero-order chi connectivity index (χ0) is 13.9. The van der Waals surface area contributed by atoms with E-state index in [1.165, 1.54) is 22.4 Å². The van der Waals surface area contributed by atoms with Gasteiger partial charge in [-0.05, 0) is 18.4 Å². The second-order valence-corrected chi connectivity index (χ2v) is 6.88. The van der Waals surface area contributed by atoms with Gasteiger partial charge in [0, 0.05) is 24.2 Å². The number of rotatable bonds is 5. The zero-order valence-corrected chi connectivity index (χ0v) is 12.1. The van der Waals surface area contributed by atoms with Crippen molar-refractivity contribution in [3.63, 3.8) is 0 Å². The highest BCUT2D eigenvalue weighted by Gasteiger charge is 2.26. The second-order valence-electron chi connectivity index (χ2n) is 5.36. The van der Waals surface area contributed by atoms with Gasteiger partial charge in [-0.15, -0.1) is 0 Å². The highest BCUT2D eigenvalue weighted by molar-refractivity contribution is 7.85. The van der Waals surface area contributed by atoms with Crippen LogP contribution < -0.4 is 4.90 Å². The molecule has 0 heterocycles. The van der Waals surface area contributed by atoms with Crippen LogP contribution in [0.15, 0.2) is 24.3 Å². The maximum Gasteiger partial charge on any atom is 0.113 e. The van der Waals surface area contributed by atoms with Crippen molar-refractivity contribution in [2.75, 3.05) is 19.3 Å². The lowest BCUT2D eigenvalue weighted by Gasteiger charge is -2.30. The Bertz CT molecular complexity index is 527. The third-order valence-corrected chi connectivity index (χ3v) is 4.72. The summed E-state index contributed by atoms with van der Waals surface area (Å²) in [4.78, 5) is 1.30. The molecular weight excluding hydrogens is 262 g/mol. The Morgan fingerprint density at radius 2 is 2.11 bits per heavy atom. The van der Waals surface area contributed by atoms with Gasteiger partial charge in [0.2, 0.25) is 0 Å². The first-order valence-corrected chi connectivity index (χ1v) is 8.39. The number of hydrogen-bond acceptors (Lipinski definition) is 3. The fourth-order valence-electron chi connectivity index (χ4n) is 2.97. The number of nitrogens with one attached hydrogen (secondary N) is 1. The molecule has 106 valence electrons. The molecule has 1 aromatic rings. The lowest BCUT2D eigenvalue weighted by molar-refractivity contribution is -0.913. The maximum absolute atomic E-state index is 10.6. The van der Waals surface area contributed by atoms with Crippen molar-refractivity contribution < 1.29 is 17.9 Å². The number of fused-ring (bicyclic) bond motifs is 1. The largest absolute Gasteiger partial charge is 0.748 e. The Kier molecular flexibility index (Phi) is 4.60. The van der Waals surface area contributed by atoms with Crippen LogP contribution >= 0.6 is 0 Å². The molecule has 0 saturated carbocycles. The van der Waals surface area contributed by atoms with Crippen LogP contribution in [-0.4, -0.2) is 32.3 Å². The molecule has 1 N–H and O–H groups in total. The summed E-state index contributed by atoms with van der Waals surface area (Å²) in [5.41, 5.74) is 2.80. The molecule has 0 saturated heterocycles. The van der Waals surface area contributed by atoms with Gasteiger partial charge in [-0.25, -0.2) is 8.42 Å². The summed E-state index contributed by atoms with van der Waals surface area (Å²) in [6, 6.07) is 8.91. The van der Waals surface area contributed by atoms with Crippen LogP contribution in [0.2, 0.25) is 0 Å². The van der Waals surface area contributed by atoms with E-state index in [2.05, 4.69) is 31.3 Å². The molecule has 0 aromatic heterocycles. The molecular formula is C14H21NO3S. The van der Waals surface area contributed by atoms with Crippen LogP contribution in [0.1, 0.15) is 36.4 Å². The number of benzene rings is 1. The van der Waals surface area contributed by atoms with Gasteiger partial charge in [-0.2, -0.15) is 0 Å². The van der Waals surface area contributed by atoms with Crippen LogP contribution in [0.25, 0.3) is 0 Å². The Balaban J connectivity index is 1.99. The number of aryl methyl sites for hydroxylation is 1. The molecule has 1 aromatic carbocycles. The number of quaternary nitrogens is 1. The molecule has 0 aliphatic heterocycles. The lowest BCUT2D eigenvalue weighted by atomic mass is 9.87. The molecule has 0 bridgehead atoms. The van der Waals surface area contributed by atoms with Gasteiger partial charge in [-0.1, -0.05) is 24.3 Å². The predicted molar refractivity (Wildman–Crippen MR) is 73.1 cm³/mol. The second kappa shape index (κ2) is 6.03. The average molecular weight is 283 g/mol. The van der Waals surface area contributed by atoms with Gasteiger partial charge in [-0.3, -0.25) is 0 Å². The molecule has 0 fully saturated rings. The third kappa shape index (κ3) is 4.03. The summed E-state index contributed by atoms with van der Waals surface area (Å²) >= 11 is 0. The molecule has 0 radical (unpaired) electrons. The van der Waals surface area contributed by atoms with Crippen LogP contribution in [0.5, 0.6) is 0 Å². The molecule has 0 spiro atoms. The van der Waals surface area contributed by atoms with Crippen molar-refractivity contribution in [1.29, 1.82) is 0 Å². The molecule has 2 rings (SSSR count). The standard InChI is InChI=1S/C14H21NO3S/c1-15(10-5-11-19(16,17)18)14-9-4-7-12-6-2-3-8-13(12)14/h2-3,6,8,14H,4-5,7,9-11H2,1H3,(H,16,17,18)/t14-/m1/s1. The fraction of sp³-hybridized carbons (Fsp3) is 0.571. The van der Waals surface area contributed by atoms with Crippen molar-refractivity contribution >= 4 is 10.1 Å². The Labute approximate surface area is 115 Å². The minimum absolute atomic E-state index is 0.251. The van der Waals surface area contributed by atoms with E-state index < -0.39 is 10.1 Å². The first kappa shape index (κ1) is 14.5. The summed E-state index contributed by atoms with van der Waals surface area (Å²) in [7, 11) is -1.99. The molecule has 1 unspecified atom stereocenters. The fourth-order valence-corrected chi connectivity index (χ4v) is 3.47. The van der Waals surface area contributed by atoms with Crippen LogP contribution in [-0.2, 0) is 16.5 Å². The Morgan fingerprint density at radius 3 is 2.84 bits per heavy atom. The molecule has 0 amide bonds. The van der Waals surface area contributed by atoms with E-state index in [9.17, 15) is 13.0 Å². The molecule has 2 atom stereocenters. The third-order valence-electron chi connectivity index (χ3n) is 3.93. The van der Waals surface area contributed by atoms with Crippen molar-refractivity contribution in [3.8, 4) is 0 Å². The molecule has 5 heteroatoms. The summed E-state index contributed by atoms with van der Waals surface area (Å²) in [6.45, 7) is 0.723. The first-order chi connectivity index (χ1) is 8.97. The Hall–Kier alpha value is -0.910. The van der Waals surface area contributed by atoms with Crippen molar-refractivity contribution in [2.24, 2.45) is 0 Å². The summed E-state index contributed by atoms with van der Waals surface area (Å²) < 4.78 is 31.9. The predicted octanol–water partition coefficient (Wildman–Crippen LogP) is 0.514. The summed E-state index contributed by atoms with van der Waals surface area (Å²) in [5.74, 6) is -0.251. The van der Waals surface area contributed by atoms with Crippen molar-refractivity contribution in [3.05, 3.63) is 35.4 Å². The van der Waals surface area contributed by atoms with Crippen molar-refractivity contribution in [1.82, 2.24) is 0 Å². The van der Waals surface area contributed by atoms with Crippen LogP contribution in [0.3, 0.4) is 0 Å². The van der Waals surface area contributed by atoms with Gasteiger partial charge in [0.1, 0.15) is 6.04 Å². The van der Waals surface area contributed by atoms with E-state index in [0.29, 0.717) is 12.5 Å². The van der Waals surface area contributed by atoms with Gasteiger partial charge in [0.15, 0.2) is 0 Å². The lowest BCUT2D eigenvalue weighted by Crippen LogP contribution is -3.09. The van der Waals surface area contributed by atoms with E-state index in [4.69, 9.17) is 0 Å². The molecule has 1 aliphatic rings. The van der Waals surface area contributed by atoms with Crippen LogP contribution in [0.4, 0.5) is 0 Å². The highest BCUT2D eigenvalue weighted by Crippen LogP contribution is 2.27. The number of hydrogen-bond donors (Lipinski definition) is 1. The van der Waals surface area contributed by atoms with Crippen molar-refractivity contribution in [2.45, 2.75) is 31.7 Å². The minimum Gasteiger partial charge on any atom is -0.748 e. The molecule has 1 aliphatic carbocycles. The van der Waals surface area contributed by atoms with E-state index >= 15 is 0 Å². The minimum atomic E-state index is -4.07. The summed E-state index contributed by atoms with van der Waals surface area (Å²) in [6.07, 6.45) is 3.89. The smallest absolute Gasteiger partial charge is 0.113 e. The highest BCUT2D eigenvalue weighted by atomic mass is 32.2. The Morgan fingerprint density at radius 1 is 1.37 bits per heavy atom. The SMILES string of the molecule is C[NH+](CCCS(=O)(=O)[O-])[C@@H]1CCCc2ccccc21. The maximum atomic E-state index is 10.6. The van der Waals surface area contributed by atoms with Crippen LogP contribution in [0, 0.1) is 0 Å². The summed E-state index contributed by atoms with van der Waals surface area (Å²) in [5, 5.41) is 0. The quantitative estimate of drug-likeness (QED) is 0.801. The van der Waals surface area contributed by atoms with Gasteiger partial charge >= 0.3 is 0 Å². The first-order valence-electron chi connectivity index (χ1n) is 6.81.